The van der Waals surface area contributed by atoms with Gasteiger partial charge in [-0.25, -0.2) is 0 Å². The van der Waals surface area contributed by atoms with Crippen LogP contribution in [0.25, 0.3) is 26.6 Å². The molecule has 0 amide bonds. The lowest BCUT2D eigenvalue weighted by Crippen LogP contribution is -1.96. The Kier molecular flexibility index (Phi) is 2.77. The van der Waals surface area contributed by atoms with E-state index in [0.29, 0.717) is 6.54 Å². The molecule has 0 saturated heterocycles. The first-order chi connectivity index (χ1) is 10.3. The van der Waals surface area contributed by atoms with Crippen LogP contribution in [0.3, 0.4) is 0 Å². The van der Waals surface area contributed by atoms with Crippen molar-refractivity contribution in [2.24, 2.45) is 5.73 Å². The van der Waals surface area contributed by atoms with Gasteiger partial charge in [0.2, 0.25) is 4.96 Å². The molecule has 0 atom stereocenters. The average molecular weight is 294 g/mol. The molecule has 0 aliphatic heterocycles. The first-order valence-electron chi connectivity index (χ1n) is 6.80. The molecule has 2 heterocycles. The predicted molar refractivity (Wildman–Crippen MR) is 86.4 cm³/mol. The molecular weight excluding hydrogens is 280 g/mol. The van der Waals surface area contributed by atoms with Crippen molar-refractivity contribution < 1.29 is 0 Å². The summed E-state index contributed by atoms with van der Waals surface area (Å²) in [5, 5.41) is 8.67. The monoisotopic (exact) mass is 294 g/mol. The van der Waals surface area contributed by atoms with E-state index in [9.17, 15) is 0 Å². The smallest absolute Gasteiger partial charge is 0.217 e. The molecule has 0 aliphatic rings. The van der Waals surface area contributed by atoms with Gasteiger partial charge in [-0.3, -0.25) is 4.40 Å². The fourth-order valence-corrected chi connectivity index (χ4v) is 3.63. The summed E-state index contributed by atoms with van der Waals surface area (Å²) in [4.78, 5) is 0.920. The summed E-state index contributed by atoms with van der Waals surface area (Å²) < 4.78 is 3.35. The summed E-state index contributed by atoms with van der Waals surface area (Å²) in [6.45, 7) is 2.63. The first kappa shape index (κ1) is 12.5. The highest BCUT2D eigenvalue weighted by molar-refractivity contribution is 7.23. The van der Waals surface area contributed by atoms with Crippen LogP contribution in [0.5, 0.6) is 0 Å². The molecule has 2 N–H and O–H groups in total. The molecule has 2 aromatic heterocycles. The highest BCUT2D eigenvalue weighted by Gasteiger charge is 2.14. The minimum Gasteiger partial charge on any atom is -0.326 e. The standard InChI is InChI=1S/C16H14N4S/c1-10-5-6-13-14(7-10)21-16-19-18-15(20(13)16)12-4-2-3-11(8-12)9-17/h2-8H,9,17H2,1H3. The van der Waals surface area contributed by atoms with E-state index in [0.717, 1.165) is 27.4 Å². The molecule has 2 aromatic carbocycles. The first-order valence-corrected chi connectivity index (χ1v) is 7.61. The Labute approximate surface area is 125 Å². The van der Waals surface area contributed by atoms with Crippen molar-refractivity contribution in [3.05, 3.63) is 53.6 Å². The van der Waals surface area contributed by atoms with E-state index < -0.39 is 0 Å². The molecule has 4 nitrogen and oxygen atoms in total. The Morgan fingerprint density at radius 3 is 2.90 bits per heavy atom. The van der Waals surface area contributed by atoms with Gasteiger partial charge in [0.05, 0.1) is 10.2 Å². The third-order valence-electron chi connectivity index (χ3n) is 3.61. The Morgan fingerprint density at radius 2 is 2.05 bits per heavy atom. The van der Waals surface area contributed by atoms with Crippen molar-refractivity contribution in [2.75, 3.05) is 0 Å². The largest absolute Gasteiger partial charge is 0.326 e. The number of benzene rings is 2. The topological polar surface area (TPSA) is 56.2 Å². The van der Waals surface area contributed by atoms with Gasteiger partial charge < -0.3 is 5.73 Å². The van der Waals surface area contributed by atoms with Crippen molar-refractivity contribution >= 4 is 26.5 Å². The van der Waals surface area contributed by atoms with E-state index in [1.165, 1.54) is 10.3 Å². The lowest BCUT2D eigenvalue weighted by Gasteiger charge is -2.02. The lowest BCUT2D eigenvalue weighted by atomic mass is 10.1. The zero-order chi connectivity index (χ0) is 14.4. The van der Waals surface area contributed by atoms with Crippen molar-refractivity contribution in [1.29, 1.82) is 0 Å². The Morgan fingerprint density at radius 1 is 1.14 bits per heavy atom. The third-order valence-corrected chi connectivity index (χ3v) is 4.61. The summed E-state index contributed by atoms with van der Waals surface area (Å²) in [5.74, 6) is 0.871. The molecule has 0 radical (unpaired) electrons. The maximum absolute atomic E-state index is 5.73. The van der Waals surface area contributed by atoms with Crippen molar-refractivity contribution in [1.82, 2.24) is 14.6 Å². The molecule has 4 aromatic rings. The van der Waals surface area contributed by atoms with Gasteiger partial charge in [-0.15, -0.1) is 10.2 Å². The number of hydrogen-bond acceptors (Lipinski definition) is 4. The highest BCUT2D eigenvalue weighted by atomic mass is 32.1. The second-order valence-electron chi connectivity index (χ2n) is 5.12. The van der Waals surface area contributed by atoms with Crippen LogP contribution in [0.2, 0.25) is 0 Å². The second kappa shape index (κ2) is 4.65. The van der Waals surface area contributed by atoms with Crippen molar-refractivity contribution in [2.45, 2.75) is 13.5 Å². The number of nitrogens with zero attached hydrogens (tertiary/aromatic N) is 3. The van der Waals surface area contributed by atoms with E-state index in [2.05, 4.69) is 45.8 Å². The molecule has 0 aliphatic carbocycles. The zero-order valence-corrected chi connectivity index (χ0v) is 12.4. The molecule has 0 spiro atoms. The average Bonchev–Trinajstić information content (AvgIpc) is 3.05. The quantitative estimate of drug-likeness (QED) is 0.616. The minimum atomic E-state index is 0.527. The number of thiazole rings is 1. The van der Waals surface area contributed by atoms with Crippen LogP contribution in [-0.4, -0.2) is 14.6 Å². The third kappa shape index (κ3) is 1.93. The summed E-state index contributed by atoms with van der Waals surface area (Å²) in [5.41, 5.74) is 10.3. The van der Waals surface area contributed by atoms with Crippen LogP contribution in [-0.2, 0) is 6.54 Å². The van der Waals surface area contributed by atoms with E-state index in [4.69, 9.17) is 5.73 Å². The van der Waals surface area contributed by atoms with Crippen molar-refractivity contribution in [3.63, 3.8) is 0 Å². The summed E-state index contributed by atoms with van der Waals surface area (Å²) in [6.07, 6.45) is 0. The molecule has 5 heteroatoms. The molecule has 0 unspecified atom stereocenters. The van der Waals surface area contributed by atoms with Gasteiger partial charge in [0.15, 0.2) is 5.82 Å². The molecule has 21 heavy (non-hydrogen) atoms. The molecular formula is C16H14N4S. The number of nitrogens with two attached hydrogens (primary N) is 1. The maximum atomic E-state index is 5.73. The number of aryl methyl sites for hydroxylation is 1. The van der Waals surface area contributed by atoms with Gasteiger partial charge in [-0.05, 0) is 36.2 Å². The van der Waals surface area contributed by atoms with Gasteiger partial charge in [-0.2, -0.15) is 0 Å². The van der Waals surface area contributed by atoms with E-state index in [-0.39, 0.29) is 0 Å². The number of fused-ring (bicyclic) bond motifs is 3. The van der Waals surface area contributed by atoms with Crippen molar-refractivity contribution in [3.8, 4) is 11.4 Å². The Balaban J connectivity index is 2.02. The molecule has 104 valence electrons. The van der Waals surface area contributed by atoms with Crippen LogP contribution >= 0.6 is 11.3 Å². The second-order valence-corrected chi connectivity index (χ2v) is 6.13. The maximum Gasteiger partial charge on any atom is 0.217 e. The van der Waals surface area contributed by atoms with Crippen LogP contribution in [0.15, 0.2) is 42.5 Å². The summed E-state index contributed by atoms with van der Waals surface area (Å²) in [7, 11) is 0. The normalized spacial score (nSPS) is 11.5. The molecule has 0 fully saturated rings. The fourth-order valence-electron chi connectivity index (χ4n) is 2.56. The van der Waals surface area contributed by atoms with Crippen LogP contribution in [0.1, 0.15) is 11.1 Å². The minimum absolute atomic E-state index is 0.527. The van der Waals surface area contributed by atoms with Gasteiger partial charge in [0, 0.05) is 12.1 Å². The Bertz CT molecular complexity index is 951. The predicted octanol–water partition coefficient (Wildman–Crippen LogP) is 3.38. The highest BCUT2D eigenvalue weighted by Crippen LogP contribution is 2.30. The molecule has 0 saturated carbocycles. The SMILES string of the molecule is Cc1ccc2c(c1)sc1nnc(-c3cccc(CN)c3)n12. The molecule has 4 rings (SSSR count). The molecule has 0 bridgehead atoms. The van der Waals surface area contributed by atoms with Gasteiger partial charge in [-0.1, -0.05) is 35.6 Å². The summed E-state index contributed by atoms with van der Waals surface area (Å²) >= 11 is 1.67. The summed E-state index contributed by atoms with van der Waals surface area (Å²) in [6, 6.07) is 14.6. The zero-order valence-electron chi connectivity index (χ0n) is 11.6. The number of aromatic nitrogens is 3. The van der Waals surface area contributed by atoms with Gasteiger partial charge in [0.1, 0.15) is 0 Å². The van der Waals surface area contributed by atoms with E-state index in [1.54, 1.807) is 11.3 Å². The number of rotatable bonds is 2. The van der Waals surface area contributed by atoms with Gasteiger partial charge >= 0.3 is 0 Å². The van der Waals surface area contributed by atoms with E-state index in [1.807, 2.05) is 18.2 Å². The van der Waals surface area contributed by atoms with E-state index >= 15 is 0 Å². The van der Waals surface area contributed by atoms with Gasteiger partial charge in [0.25, 0.3) is 0 Å². The van der Waals surface area contributed by atoms with Crippen LogP contribution in [0.4, 0.5) is 0 Å². The Hall–Kier alpha value is -2.24. The number of hydrogen-bond donors (Lipinski definition) is 1. The fraction of sp³-hybridized carbons (Fsp3) is 0.125. The van der Waals surface area contributed by atoms with Crippen LogP contribution in [0, 0.1) is 6.92 Å². The van der Waals surface area contributed by atoms with Crippen LogP contribution < -0.4 is 5.73 Å². The lowest BCUT2D eigenvalue weighted by molar-refractivity contribution is 1.07.